The first-order valence-corrected chi connectivity index (χ1v) is 13.2. The van der Waals surface area contributed by atoms with Gasteiger partial charge in [0.05, 0.1) is 5.56 Å². The molecule has 3 nitrogen and oxygen atoms in total. The molecule has 0 bridgehead atoms. The third-order valence-electron chi connectivity index (χ3n) is 6.08. The number of carbonyl (C=O) groups is 1. The van der Waals surface area contributed by atoms with Crippen LogP contribution in [-0.2, 0) is 0 Å². The Hall–Kier alpha value is -3.46. The molecule has 0 saturated carbocycles. The van der Waals surface area contributed by atoms with Crippen LogP contribution in [0.15, 0.2) is 108 Å². The van der Waals surface area contributed by atoms with Crippen molar-refractivity contribution in [3.05, 3.63) is 124 Å². The van der Waals surface area contributed by atoms with Gasteiger partial charge in [0.2, 0.25) is 0 Å². The van der Waals surface area contributed by atoms with E-state index in [9.17, 15) is 9.59 Å². The van der Waals surface area contributed by atoms with Gasteiger partial charge in [0.1, 0.15) is 0 Å². The number of hydrogen-bond acceptors (Lipinski definition) is 2. The van der Waals surface area contributed by atoms with Crippen molar-refractivity contribution in [1.82, 2.24) is 4.57 Å². The van der Waals surface area contributed by atoms with Crippen LogP contribution in [0.3, 0.4) is 0 Å². The van der Waals surface area contributed by atoms with Crippen LogP contribution in [0.1, 0.15) is 90.8 Å². The molecule has 1 rings (SSSR count). The van der Waals surface area contributed by atoms with Crippen LogP contribution in [0, 0.1) is 5.92 Å². The van der Waals surface area contributed by atoms with Gasteiger partial charge in [-0.2, -0.15) is 0 Å². The summed E-state index contributed by atoms with van der Waals surface area (Å²) in [7, 11) is 0. The predicted molar refractivity (Wildman–Crippen MR) is 164 cm³/mol. The number of aromatic nitrogens is 1. The van der Waals surface area contributed by atoms with Crippen molar-refractivity contribution in [2.24, 2.45) is 5.92 Å². The van der Waals surface area contributed by atoms with Crippen molar-refractivity contribution in [2.75, 3.05) is 0 Å². The van der Waals surface area contributed by atoms with E-state index in [0.29, 0.717) is 5.92 Å². The summed E-state index contributed by atoms with van der Waals surface area (Å²) in [4.78, 5) is 25.2. The highest BCUT2D eigenvalue weighted by molar-refractivity contribution is 5.94. The first kappa shape index (κ1) is 33.5. The zero-order valence-electron chi connectivity index (χ0n) is 24.5. The molecule has 1 aromatic heterocycles. The molecule has 1 heterocycles. The molecule has 0 N–H and O–H groups in total. The van der Waals surface area contributed by atoms with E-state index in [1.54, 1.807) is 24.4 Å². The molecule has 37 heavy (non-hydrogen) atoms. The van der Waals surface area contributed by atoms with E-state index in [0.717, 1.165) is 40.0 Å². The van der Waals surface area contributed by atoms with Crippen LogP contribution in [-0.4, -0.2) is 10.4 Å². The Morgan fingerprint density at radius 2 is 1.51 bits per heavy atom. The van der Waals surface area contributed by atoms with Crippen LogP contribution in [0.25, 0.3) is 5.57 Å². The summed E-state index contributed by atoms with van der Waals surface area (Å²) in [5, 5.41) is 0. The van der Waals surface area contributed by atoms with Crippen molar-refractivity contribution >= 4 is 11.4 Å². The summed E-state index contributed by atoms with van der Waals surface area (Å²) in [6.07, 6.45) is 17.9. The lowest BCUT2D eigenvalue weighted by Gasteiger charge is -2.28. The minimum Gasteiger partial charge on any atom is -0.343 e. The quantitative estimate of drug-likeness (QED) is 0.211. The molecule has 1 aromatic rings. The van der Waals surface area contributed by atoms with Crippen LogP contribution in [0.2, 0.25) is 0 Å². The van der Waals surface area contributed by atoms with E-state index in [1.807, 2.05) is 71.1 Å². The van der Waals surface area contributed by atoms with Gasteiger partial charge in [-0.1, -0.05) is 103 Å². The second-order valence-electron chi connectivity index (χ2n) is 8.80. The molecule has 0 fully saturated rings. The summed E-state index contributed by atoms with van der Waals surface area (Å²) in [5.41, 5.74) is 4.97. The second-order valence-corrected chi connectivity index (χ2v) is 8.80. The van der Waals surface area contributed by atoms with Crippen LogP contribution in [0.5, 0.6) is 0 Å². The Bertz CT molecular complexity index is 1180. The Morgan fingerprint density at radius 1 is 1.00 bits per heavy atom. The summed E-state index contributed by atoms with van der Waals surface area (Å²) in [5.74, 6) is 0.0689. The average molecular weight is 502 g/mol. The molecule has 1 unspecified atom stereocenters. The van der Waals surface area contributed by atoms with Gasteiger partial charge in [0, 0.05) is 24.0 Å². The highest BCUT2D eigenvalue weighted by Crippen LogP contribution is 2.35. The summed E-state index contributed by atoms with van der Waals surface area (Å²) < 4.78 is 2.09. The molecule has 0 aliphatic rings. The average Bonchev–Trinajstić information content (AvgIpc) is 2.88. The minimum absolute atomic E-state index is 0.109. The van der Waals surface area contributed by atoms with Gasteiger partial charge in [-0.25, -0.2) is 0 Å². The number of rotatable bonds is 12. The van der Waals surface area contributed by atoms with Crippen molar-refractivity contribution in [3.8, 4) is 0 Å². The molecule has 3 heteroatoms. The van der Waals surface area contributed by atoms with Crippen molar-refractivity contribution < 1.29 is 4.79 Å². The number of nitrogens with zero attached hydrogens (tertiary/aromatic N) is 1. The molecule has 0 amide bonds. The molecular formula is C34H47NO2. The van der Waals surface area contributed by atoms with Crippen molar-refractivity contribution in [1.29, 1.82) is 0 Å². The van der Waals surface area contributed by atoms with Gasteiger partial charge in [0.25, 0.3) is 0 Å². The van der Waals surface area contributed by atoms with Crippen LogP contribution < -0.4 is 5.43 Å². The SMILES string of the molecule is C=C/C(=C\C=C/C)C(=C)C(/C(C=C)=C/C=C\C)=C(\C)c1cc(=O)c(C(C)=O)cn1C(CC)C(C)C.CC. The van der Waals surface area contributed by atoms with Crippen LogP contribution >= 0.6 is 0 Å². The molecule has 0 spiro atoms. The van der Waals surface area contributed by atoms with Gasteiger partial charge in [-0.15, -0.1) is 0 Å². The number of Topliss-reactive ketones (excluding diaryl/α,β-unsaturated/α-hetero) is 1. The third-order valence-corrected chi connectivity index (χ3v) is 6.08. The minimum atomic E-state index is -0.280. The molecule has 200 valence electrons. The van der Waals surface area contributed by atoms with Gasteiger partial charge in [0.15, 0.2) is 11.2 Å². The van der Waals surface area contributed by atoms with E-state index in [4.69, 9.17) is 0 Å². The number of ketones is 1. The van der Waals surface area contributed by atoms with E-state index in [1.165, 1.54) is 6.92 Å². The zero-order valence-corrected chi connectivity index (χ0v) is 24.5. The number of allylic oxidation sites excluding steroid dienone is 13. The molecule has 0 aliphatic heterocycles. The topological polar surface area (TPSA) is 39.1 Å². The maximum Gasteiger partial charge on any atom is 0.192 e. The van der Waals surface area contributed by atoms with E-state index < -0.39 is 0 Å². The molecule has 0 saturated heterocycles. The maximum absolute atomic E-state index is 13.0. The Kier molecular flexibility index (Phi) is 15.5. The predicted octanol–water partition coefficient (Wildman–Crippen LogP) is 9.39. The molecule has 0 radical (unpaired) electrons. The second kappa shape index (κ2) is 17.1. The fourth-order valence-electron chi connectivity index (χ4n) is 4.21. The standard InChI is InChI=1S/C32H41NO2.C2H6/c1-11-16-18-26(13-3)23(8)32(27(14-4)19-17-12-2)24(9)30-20-31(35)28(25(10)34)21-33(30)29(15-5)22(6)7;1-2/h11-14,16-22,29H,3-4,8,15H2,1-2,5-7,9-10H3;1-2H3/b16-11-,17-12-,26-18+,27-19+,32-24-;. The Morgan fingerprint density at radius 3 is 1.92 bits per heavy atom. The summed E-state index contributed by atoms with van der Waals surface area (Å²) in [6, 6.07) is 1.70. The first-order chi connectivity index (χ1) is 17.6. The van der Waals surface area contributed by atoms with E-state index >= 15 is 0 Å². The Balaban J connectivity index is 0.00000631. The number of pyridine rings is 1. The summed E-state index contributed by atoms with van der Waals surface area (Å²) in [6.45, 7) is 30.2. The van der Waals surface area contributed by atoms with E-state index in [-0.39, 0.29) is 22.8 Å². The van der Waals surface area contributed by atoms with Gasteiger partial charge >= 0.3 is 0 Å². The molecule has 0 aliphatic carbocycles. The Labute approximate surface area is 225 Å². The molecule has 0 aromatic carbocycles. The zero-order chi connectivity index (χ0) is 28.7. The lowest BCUT2D eigenvalue weighted by atomic mass is 9.87. The number of hydrogen-bond donors (Lipinski definition) is 0. The van der Waals surface area contributed by atoms with E-state index in [2.05, 4.69) is 45.1 Å². The van der Waals surface area contributed by atoms with Crippen molar-refractivity contribution in [3.63, 3.8) is 0 Å². The van der Waals surface area contributed by atoms with Gasteiger partial charge in [-0.3, -0.25) is 9.59 Å². The highest BCUT2D eigenvalue weighted by Gasteiger charge is 2.22. The maximum atomic E-state index is 13.0. The fourth-order valence-corrected chi connectivity index (χ4v) is 4.21. The fraction of sp³-hybridized carbons (Fsp3) is 0.353. The number of carbonyl (C=O) groups excluding carboxylic acids is 1. The third kappa shape index (κ3) is 8.86. The summed E-state index contributed by atoms with van der Waals surface area (Å²) >= 11 is 0. The van der Waals surface area contributed by atoms with Gasteiger partial charge in [-0.05, 0) is 67.9 Å². The largest absolute Gasteiger partial charge is 0.343 e. The normalized spacial score (nSPS) is 13.8. The first-order valence-electron chi connectivity index (χ1n) is 13.2. The van der Waals surface area contributed by atoms with Crippen LogP contribution in [0.4, 0.5) is 0 Å². The molecular weight excluding hydrogens is 454 g/mol. The monoisotopic (exact) mass is 501 g/mol. The smallest absolute Gasteiger partial charge is 0.192 e. The lowest BCUT2D eigenvalue weighted by molar-refractivity contribution is 0.101. The highest BCUT2D eigenvalue weighted by atomic mass is 16.1. The van der Waals surface area contributed by atoms with Gasteiger partial charge < -0.3 is 4.57 Å². The molecule has 1 atom stereocenters. The lowest BCUT2D eigenvalue weighted by Crippen LogP contribution is -2.24. The van der Waals surface area contributed by atoms with Crippen molar-refractivity contribution in [2.45, 2.75) is 74.8 Å².